The van der Waals surface area contributed by atoms with Gasteiger partial charge in [-0.05, 0) is 18.6 Å². The van der Waals surface area contributed by atoms with Gasteiger partial charge in [-0.3, -0.25) is 4.68 Å². The Balaban J connectivity index is 1.71. The van der Waals surface area contributed by atoms with Gasteiger partial charge in [0.25, 0.3) is 0 Å². The fourth-order valence-corrected chi connectivity index (χ4v) is 1.96. The zero-order valence-electron chi connectivity index (χ0n) is 12.0. The average molecular weight is 271 g/mol. The van der Waals surface area contributed by atoms with Crippen LogP contribution in [0.15, 0.2) is 42.7 Å². The molecule has 2 rings (SSSR count). The molecule has 1 aromatic heterocycles. The lowest BCUT2D eigenvalue weighted by Gasteiger charge is -2.04. The number of hydrogen-bond donors (Lipinski definition) is 1. The third-order valence-corrected chi connectivity index (χ3v) is 2.98. The molecule has 0 unspecified atom stereocenters. The molecule has 20 heavy (non-hydrogen) atoms. The van der Waals surface area contributed by atoms with Gasteiger partial charge in [0.15, 0.2) is 0 Å². The fraction of sp³-hybridized carbons (Fsp3) is 0.312. The molecule has 4 nitrogen and oxygen atoms in total. The van der Waals surface area contributed by atoms with E-state index in [0.29, 0.717) is 0 Å². The summed E-state index contributed by atoms with van der Waals surface area (Å²) in [5.74, 6) is 0.899. The molecule has 0 aliphatic carbocycles. The van der Waals surface area contributed by atoms with Crippen LogP contribution in [0.5, 0.6) is 5.75 Å². The highest BCUT2D eigenvalue weighted by Gasteiger charge is 1.96. The predicted octanol–water partition coefficient (Wildman–Crippen LogP) is 2.50. The summed E-state index contributed by atoms with van der Waals surface area (Å²) in [5, 5.41) is 7.61. The maximum absolute atomic E-state index is 5.30. The van der Waals surface area contributed by atoms with Gasteiger partial charge in [0.05, 0.1) is 19.9 Å². The Kier molecular flexibility index (Phi) is 5.38. The number of benzene rings is 1. The largest absolute Gasteiger partial charge is 0.496 e. The summed E-state index contributed by atoms with van der Waals surface area (Å²) in [6, 6.07) is 7.99. The van der Waals surface area contributed by atoms with Gasteiger partial charge in [0, 0.05) is 24.8 Å². The monoisotopic (exact) mass is 271 g/mol. The summed E-state index contributed by atoms with van der Waals surface area (Å²) in [5.41, 5.74) is 2.29. The van der Waals surface area contributed by atoms with Crippen LogP contribution >= 0.6 is 0 Å². The SMILES string of the molecule is COc1ccccc1/C=C\CNCCn1cc(C)cn1. The van der Waals surface area contributed by atoms with Crippen molar-refractivity contribution in [3.63, 3.8) is 0 Å². The topological polar surface area (TPSA) is 39.1 Å². The first-order valence-corrected chi connectivity index (χ1v) is 6.79. The normalized spacial score (nSPS) is 11.1. The number of para-hydroxylation sites is 1. The first-order chi connectivity index (χ1) is 9.79. The van der Waals surface area contributed by atoms with Crippen molar-refractivity contribution in [1.82, 2.24) is 15.1 Å². The molecule has 0 amide bonds. The molecule has 0 spiro atoms. The van der Waals surface area contributed by atoms with E-state index in [-0.39, 0.29) is 0 Å². The lowest BCUT2D eigenvalue weighted by Crippen LogP contribution is -2.20. The molecule has 1 heterocycles. The lowest BCUT2D eigenvalue weighted by molar-refractivity contribution is 0.414. The van der Waals surface area contributed by atoms with Crippen LogP contribution in [0.3, 0.4) is 0 Å². The summed E-state index contributed by atoms with van der Waals surface area (Å²) in [4.78, 5) is 0. The molecule has 4 heteroatoms. The predicted molar refractivity (Wildman–Crippen MR) is 81.9 cm³/mol. The van der Waals surface area contributed by atoms with Crippen molar-refractivity contribution < 1.29 is 4.74 Å². The van der Waals surface area contributed by atoms with E-state index >= 15 is 0 Å². The summed E-state index contributed by atoms with van der Waals surface area (Å²) in [7, 11) is 1.69. The van der Waals surface area contributed by atoms with Crippen LogP contribution in [0.25, 0.3) is 6.08 Å². The van der Waals surface area contributed by atoms with Crippen molar-refractivity contribution in [1.29, 1.82) is 0 Å². The third-order valence-electron chi connectivity index (χ3n) is 2.98. The summed E-state index contributed by atoms with van der Waals surface area (Å²) < 4.78 is 7.25. The van der Waals surface area contributed by atoms with Crippen molar-refractivity contribution in [3.05, 3.63) is 53.9 Å². The first-order valence-electron chi connectivity index (χ1n) is 6.79. The average Bonchev–Trinajstić information content (AvgIpc) is 2.88. The van der Waals surface area contributed by atoms with Crippen molar-refractivity contribution >= 4 is 6.08 Å². The Labute approximate surface area is 120 Å². The Bertz CT molecular complexity index is 560. The number of hydrogen-bond acceptors (Lipinski definition) is 3. The van der Waals surface area contributed by atoms with E-state index in [1.165, 1.54) is 5.56 Å². The Morgan fingerprint density at radius 2 is 2.20 bits per heavy atom. The third kappa shape index (κ3) is 4.24. The van der Waals surface area contributed by atoms with Crippen LogP contribution in [0.1, 0.15) is 11.1 Å². The van der Waals surface area contributed by atoms with E-state index in [4.69, 9.17) is 4.74 Å². The van der Waals surface area contributed by atoms with E-state index in [9.17, 15) is 0 Å². The van der Waals surface area contributed by atoms with Gasteiger partial charge >= 0.3 is 0 Å². The second-order valence-corrected chi connectivity index (χ2v) is 4.63. The molecule has 0 fully saturated rings. The molecule has 2 aromatic rings. The summed E-state index contributed by atoms with van der Waals surface area (Å²) >= 11 is 0. The van der Waals surface area contributed by atoms with Crippen LogP contribution in [-0.4, -0.2) is 30.0 Å². The number of ether oxygens (including phenoxy) is 1. The Hall–Kier alpha value is -2.07. The van der Waals surface area contributed by atoms with E-state index in [1.54, 1.807) is 7.11 Å². The maximum atomic E-state index is 5.30. The zero-order chi connectivity index (χ0) is 14.2. The number of nitrogens with one attached hydrogen (secondary N) is 1. The molecule has 106 valence electrons. The molecular formula is C16H21N3O. The number of aromatic nitrogens is 2. The highest BCUT2D eigenvalue weighted by molar-refractivity contribution is 5.57. The smallest absolute Gasteiger partial charge is 0.126 e. The second kappa shape index (κ2) is 7.50. The molecule has 0 aliphatic rings. The minimum absolute atomic E-state index is 0.832. The van der Waals surface area contributed by atoms with Crippen molar-refractivity contribution in [3.8, 4) is 5.75 Å². The Morgan fingerprint density at radius 1 is 1.35 bits per heavy atom. The molecule has 1 N–H and O–H groups in total. The Morgan fingerprint density at radius 3 is 2.95 bits per heavy atom. The van der Waals surface area contributed by atoms with Gasteiger partial charge in [0.1, 0.15) is 5.75 Å². The van der Waals surface area contributed by atoms with Gasteiger partial charge in [-0.1, -0.05) is 30.4 Å². The van der Waals surface area contributed by atoms with Crippen LogP contribution in [0, 0.1) is 6.92 Å². The van der Waals surface area contributed by atoms with Crippen molar-refractivity contribution in [2.24, 2.45) is 0 Å². The standard InChI is InChI=1S/C16H21N3O/c1-14-12-18-19(13-14)11-10-17-9-5-7-15-6-3-4-8-16(15)20-2/h3-8,12-13,17H,9-11H2,1-2H3/b7-5-. The zero-order valence-corrected chi connectivity index (χ0v) is 12.0. The van der Waals surface area contributed by atoms with Crippen LogP contribution in [0.2, 0.25) is 0 Å². The fourth-order valence-electron chi connectivity index (χ4n) is 1.96. The molecule has 0 saturated heterocycles. The highest BCUT2D eigenvalue weighted by Crippen LogP contribution is 2.18. The van der Waals surface area contributed by atoms with Crippen molar-refractivity contribution in [2.75, 3.05) is 20.2 Å². The first kappa shape index (κ1) is 14.3. The van der Waals surface area contributed by atoms with E-state index in [1.807, 2.05) is 48.3 Å². The molecule has 0 saturated carbocycles. The second-order valence-electron chi connectivity index (χ2n) is 4.63. The number of nitrogens with zero attached hydrogens (tertiary/aromatic N) is 2. The molecule has 0 atom stereocenters. The van der Waals surface area contributed by atoms with Gasteiger partial charge in [-0.15, -0.1) is 0 Å². The molecular weight excluding hydrogens is 250 g/mol. The van der Waals surface area contributed by atoms with Gasteiger partial charge in [-0.2, -0.15) is 5.10 Å². The van der Waals surface area contributed by atoms with Crippen molar-refractivity contribution in [2.45, 2.75) is 13.5 Å². The van der Waals surface area contributed by atoms with Gasteiger partial charge in [0.2, 0.25) is 0 Å². The van der Waals surface area contributed by atoms with E-state index < -0.39 is 0 Å². The number of aryl methyl sites for hydroxylation is 1. The minimum Gasteiger partial charge on any atom is -0.496 e. The maximum Gasteiger partial charge on any atom is 0.126 e. The number of methoxy groups -OCH3 is 1. The van der Waals surface area contributed by atoms with Crippen LogP contribution < -0.4 is 10.1 Å². The molecule has 1 aromatic carbocycles. The molecule has 0 bridgehead atoms. The molecule has 0 aliphatic heterocycles. The van der Waals surface area contributed by atoms with E-state index in [2.05, 4.69) is 22.6 Å². The summed E-state index contributed by atoms with van der Waals surface area (Å²) in [6.45, 7) is 4.67. The van der Waals surface area contributed by atoms with Gasteiger partial charge < -0.3 is 10.1 Å². The quantitative estimate of drug-likeness (QED) is 0.786. The van der Waals surface area contributed by atoms with E-state index in [0.717, 1.165) is 30.9 Å². The minimum atomic E-state index is 0.832. The van der Waals surface area contributed by atoms with Gasteiger partial charge in [-0.25, -0.2) is 0 Å². The van der Waals surface area contributed by atoms with Crippen LogP contribution in [0.4, 0.5) is 0 Å². The lowest BCUT2D eigenvalue weighted by atomic mass is 10.2. The highest BCUT2D eigenvalue weighted by atomic mass is 16.5. The molecule has 0 radical (unpaired) electrons. The summed E-state index contributed by atoms with van der Waals surface area (Å²) in [6.07, 6.45) is 8.10. The van der Waals surface area contributed by atoms with Crippen LogP contribution in [-0.2, 0) is 6.54 Å². The number of rotatable bonds is 7.